The van der Waals surface area contributed by atoms with E-state index in [1.165, 1.54) is 41.3 Å². The molecule has 2 heterocycles. The lowest BCUT2D eigenvalue weighted by molar-refractivity contribution is -0.113. The third-order valence-electron chi connectivity index (χ3n) is 4.00. The molecule has 2 aromatic carbocycles. The summed E-state index contributed by atoms with van der Waals surface area (Å²) in [4.78, 5) is 14.3. The van der Waals surface area contributed by atoms with Gasteiger partial charge in [-0.05, 0) is 66.4 Å². The smallest absolute Gasteiger partial charge is 0.271 e. The highest BCUT2D eigenvalue weighted by atomic mass is 32.2. The van der Waals surface area contributed by atoms with Crippen LogP contribution in [0.2, 0.25) is 0 Å². The summed E-state index contributed by atoms with van der Waals surface area (Å²) in [6, 6.07) is 11.3. The summed E-state index contributed by atoms with van der Waals surface area (Å²) >= 11 is 1.01. The molecule has 1 aromatic heterocycles. The quantitative estimate of drug-likeness (QED) is 0.659. The maximum atomic E-state index is 13.1. The normalized spacial score (nSPS) is 15.8. The van der Waals surface area contributed by atoms with E-state index in [0.717, 1.165) is 17.3 Å². The van der Waals surface area contributed by atoms with Gasteiger partial charge in [-0.15, -0.1) is 0 Å². The molecular weight excluding hydrogens is 370 g/mol. The Hall–Kier alpha value is -3.26. The van der Waals surface area contributed by atoms with Gasteiger partial charge in [-0.1, -0.05) is 0 Å². The van der Waals surface area contributed by atoms with Gasteiger partial charge in [0.1, 0.15) is 11.6 Å². The minimum absolute atomic E-state index is 0.0321. The Morgan fingerprint density at radius 1 is 1.04 bits per heavy atom. The molecule has 1 saturated heterocycles. The van der Waals surface area contributed by atoms with E-state index in [2.05, 4.69) is 10.2 Å². The lowest BCUT2D eigenvalue weighted by Crippen LogP contribution is -2.28. The molecule has 1 fully saturated rings. The lowest BCUT2D eigenvalue weighted by Gasteiger charge is -2.13. The fraction of sp³-hybridized carbons (Fsp3) is 0. The Bertz CT molecular complexity index is 1060. The summed E-state index contributed by atoms with van der Waals surface area (Å²) in [6.07, 6.45) is 3.19. The standard InChI is InChI=1S/C19H12F2N4OS/c20-13-3-1-11(2-4-13)17-12(10-23-24-17)9-16-18(26)25(19(22)27-16)15-7-5-14(21)6-8-15/h1-10,22H,(H,23,24)/b16-9-,22-19?. The van der Waals surface area contributed by atoms with Crippen molar-refractivity contribution < 1.29 is 13.6 Å². The van der Waals surface area contributed by atoms with E-state index < -0.39 is 5.82 Å². The largest absolute Gasteiger partial charge is 0.278 e. The van der Waals surface area contributed by atoms with Gasteiger partial charge in [0.25, 0.3) is 5.91 Å². The number of nitrogens with one attached hydrogen (secondary N) is 2. The van der Waals surface area contributed by atoms with Crippen molar-refractivity contribution in [3.8, 4) is 11.3 Å². The summed E-state index contributed by atoms with van der Waals surface area (Å²) in [7, 11) is 0. The van der Waals surface area contributed by atoms with E-state index in [1.807, 2.05) is 0 Å². The monoisotopic (exact) mass is 382 g/mol. The van der Waals surface area contributed by atoms with Crippen LogP contribution in [0.5, 0.6) is 0 Å². The van der Waals surface area contributed by atoms with Crippen molar-refractivity contribution in [1.82, 2.24) is 10.2 Å². The first-order valence-corrected chi connectivity index (χ1v) is 8.72. The lowest BCUT2D eigenvalue weighted by atomic mass is 10.1. The van der Waals surface area contributed by atoms with Crippen molar-refractivity contribution in [3.63, 3.8) is 0 Å². The number of rotatable bonds is 3. The molecular formula is C19H12F2N4OS. The van der Waals surface area contributed by atoms with Gasteiger partial charge >= 0.3 is 0 Å². The molecule has 0 bridgehead atoms. The molecule has 5 nitrogen and oxygen atoms in total. The van der Waals surface area contributed by atoms with Crippen molar-refractivity contribution in [2.45, 2.75) is 0 Å². The number of carbonyl (C=O) groups is 1. The number of hydrogen-bond donors (Lipinski definition) is 2. The van der Waals surface area contributed by atoms with E-state index >= 15 is 0 Å². The van der Waals surface area contributed by atoms with Crippen molar-refractivity contribution in [2.75, 3.05) is 4.90 Å². The highest BCUT2D eigenvalue weighted by Gasteiger charge is 2.33. The highest BCUT2D eigenvalue weighted by molar-refractivity contribution is 8.19. The topological polar surface area (TPSA) is 72.8 Å². The minimum atomic E-state index is -0.414. The molecule has 8 heteroatoms. The number of benzene rings is 2. The average Bonchev–Trinajstić information content (AvgIpc) is 3.22. The molecule has 1 aliphatic heterocycles. The number of amides is 1. The Morgan fingerprint density at radius 2 is 1.67 bits per heavy atom. The summed E-state index contributed by atoms with van der Waals surface area (Å²) in [5, 5.41) is 15.0. The first-order valence-electron chi connectivity index (χ1n) is 7.90. The van der Waals surface area contributed by atoms with E-state index in [9.17, 15) is 13.6 Å². The van der Waals surface area contributed by atoms with E-state index in [-0.39, 0.29) is 16.9 Å². The second-order valence-corrected chi connectivity index (χ2v) is 6.77. The van der Waals surface area contributed by atoms with E-state index in [4.69, 9.17) is 5.41 Å². The number of thioether (sulfide) groups is 1. The second-order valence-electron chi connectivity index (χ2n) is 5.74. The number of aromatic amines is 1. The van der Waals surface area contributed by atoms with Gasteiger partial charge in [-0.3, -0.25) is 20.2 Å². The third kappa shape index (κ3) is 3.26. The van der Waals surface area contributed by atoms with Crippen LogP contribution in [0, 0.1) is 17.0 Å². The Labute approximate surface area is 157 Å². The zero-order valence-corrected chi connectivity index (χ0v) is 14.6. The predicted octanol–water partition coefficient (Wildman–Crippen LogP) is 4.41. The number of anilines is 1. The molecule has 0 atom stereocenters. The number of amidine groups is 1. The first kappa shape index (κ1) is 17.2. The average molecular weight is 382 g/mol. The maximum absolute atomic E-state index is 13.1. The van der Waals surface area contributed by atoms with Gasteiger partial charge in [0.05, 0.1) is 22.5 Å². The van der Waals surface area contributed by atoms with Crippen molar-refractivity contribution >= 4 is 34.6 Å². The van der Waals surface area contributed by atoms with Crippen molar-refractivity contribution in [3.05, 3.63) is 76.8 Å². The Morgan fingerprint density at radius 3 is 2.33 bits per heavy atom. The number of halogens is 2. The zero-order valence-electron chi connectivity index (χ0n) is 13.7. The number of carbonyl (C=O) groups excluding carboxylic acids is 1. The fourth-order valence-electron chi connectivity index (χ4n) is 2.71. The molecule has 27 heavy (non-hydrogen) atoms. The van der Waals surface area contributed by atoms with E-state index in [1.54, 1.807) is 24.4 Å². The van der Waals surface area contributed by atoms with Crippen LogP contribution in [0.3, 0.4) is 0 Å². The summed E-state index contributed by atoms with van der Waals surface area (Å²) in [5.74, 6) is -1.13. The molecule has 0 saturated carbocycles. The van der Waals surface area contributed by atoms with Crippen LogP contribution in [0.4, 0.5) is 14.5 Å². The zero-order chi connectivity index (χ0) is 19.0. The summed E-state index contributed by atoms with van der Waals surface area (Å²) in [6.45, 7) is 0. The van der Waals surface area contributed by atoms with Crippen LogP contribution >= 0.6 is 11.8 Å². The van der Waals surface area contributed by atoms with Crippen LogP contribution in [0.15, 0.2) is 59.6 Å². The molecule has 4 rings (SSSR count). The molecule has 0 unspecified atom stereocenters. The molecule has 1 aliphatic rings. The van der Waals surface area contributed by atoms with Crippen molar-refractivity contribution in [1.29, 1.82) is 5.41 Å². The highest BCUT2D eigenvalue weighted by Crippen LogP contribution is 2.36. The number of nitrogens with zero attached hydrogens (tertiary/aromatic N) is 2. The molecule has 0 radical (unpaired) electrons. The van der Waals surface area contributed by atoms with Gasteiger partial charge in [0, 0.05) is 11.1 Å². The summed E-state index contributed by atoms with van der Waals surface area (Å²) in [5.41, 5.74) is 2.43. The SMILES string of the molecule is N=C1S/C(=C\c2cn[nH]c2-c2ccc(F)cc2)C(=O)N1c1ccc(F)cc1. The predicted molar refractivity (Wildman–Crippen MR) is 101 cm³/mol. The molecule has 0 spiro atoms. The van der Waals surface area contributed by atoms with Crippen molar-refractivity contribution in [2.24, 2.45) is 0 Å². The maximum Gasteiger partial charge on any atom is 0.271 e. The molecule has 2 N–H and O–H groups in total. The Balaban J connectivity index is 1.67. The van der Waals surface area contributed by atoms with Gasteiger partial charge in [0.2, 0.25) is 0 Å². The fourth-order valence-corrected chi connectivity index (χ4v) is 3.56. The van der Waals surface area contributed by atoms with Crippen LogP contribution in [0.1, 0.15) is 5.56 Å². The van der Waals surface area contributed by atoms with E-state index in [0.29, 0.717) is 21.8 Å². The second kappa shape index (κ2) is 6.81. The Kier molecular flexibility index (Phi) is 4.33. The van der Waals surface area contributed by atoms with Crippen LogP contribution in [-0.2, 0) is 4.79 Å². The van der Waals surface area contributed by atoms with Gasteiger partial charge in [-0.25, -0.2) is 8.78 Å². The number of hydrogen-bond acceptors (Lipinski definition) is 4. The van der Waals surface area contributed by atoms with Crippen LogP contribution < -0.4 is 4.90 Å². The molecule has 3 aromatic rings. The summed E-state index contributed by atoms with van der Waals surface area (Å²) < 4.78 is 26.3. The molecule has 0 aliphatic carbocycles. The van der Waals surface area contributed by atoms with Crippen LogP contribution in [-0.4, -0.2) is 21.3 Å². The third-order valence-corrected chi connectivity index (χ3v) is 4.88. The number of H-pyrrole nitrogens is 1. The van der Waals surface area contributed by atoms with Crippen LogP contribution in [0.25, 0.3) is 17.3 Å². The first-order chi connectivity index (χ1) is 13.0. The minimum Gasteiger partial charge on any atom is -0.278 e. The van der Waals surface area contributed by atoms with Gasteiger partial charge in [0.15, 0.2) is 5.17 Å². The molecule has 134 valence electrons. The van der Waals surface area contributed by atoms with Gasteiger partial charge < -0.3 is 0 Å². The molecule has 1 amide bonds. The van der Waals surface area contributed by atoms with Gasteiger partial charge in [-0.2, -0.15) is 5.10 Å². The number of aromatic nitrogens is 2.